The lowest BCUT2D eigenvalue weighted by atomic mass is 10.2. The van der Waals surface area contributed by atoms with Crippen LogP contribution in [0.2, 0.25) is 0 Å². The smallest absolute Gasteiger partial charge is 0.137 e. The molecule has 0 aliphatic heterocycles. The highest BCUT2D eigenvalue weighted by Crippen LogP contribution is 2.16. The first kappa shape index (κ1) is 11.2. The largest absolute Gasteiger partial charge is 0.492 e. The molecule has 3 heteroatoms. The Morgan fingerprint density at radius 3 is 2.82 bits per heavy atom. The van der Waals surface area contributed by atoms with Crippen molar-refractivity contribution < 1.29 is 4.74 Å². The molecule has 84 valence electrons. The van der Waals surface area contributed by atoms with E-state index in [1.54, 1.807) is 12.3 Å². The Morgan fingerprint density at radius 1 is 1.18 bits per heavy atom. The maximum absolute atomic E-state index is 8.89. The van der Waals surface area contributed by atoms with Crippen molar-refractivity contribution in [2.45, 2.75) is 6.42 Å². The van der Waals surface area contributed by atoms with Gasteiger partial charge in [-0.25, -0.2) is 0 Å². The predicted octanol–water partition coefficient (Wildman–Crippen LogP) is 2.57. The van der Waals surface area contributed by atoms with E-state index in [1.165, 1.54) is 0 Å². The van der Waals surface area contributed by atoms with Crippen molar-refractivity contribution in [3.63, 3.8) is 0 Å². The molecule has 0 amide bonds. The van der Waals surface area contributed by atoms with Crippen LogP contribution in [0.1, 0.15) is 11.1 Å². The van der Waals surface area contributed by atoms with Gasteiger partial charge in [0.05, 0.1) is 12.2 Å². The van der Waals surface area contributed by atoms with Crippen LogP contribution < -0.4 is 4.74 Å². The second-order valence-electron chi connectivity index (χ2n) is 3.57. The lowest BCUT2D eigenvalue weighted by Crippen LogP contribution is -2.02. The minimum absolute atomic E-state index is 0.546. The molecular formula is C14H12N2O. The topological polar surface area (TPSA) is 45.9 Å². The number of para-hydroxylation sites is 1. The minimum atomic E-state index is 0.546. The molecule has 3 nitrogen and oxygen atoms in total. The minimum Gasteiger partial charge on any atom is -0.492 e. The number of benzene rings is 1. The molecule has 0 saturated carbocycles. The van der Waals surface area contributed by atoms with Crippen molar-refractivity contribution in [2.75, 3.05) is 6.61 Å². The third kappa shape index (κ3) is 3.05. The summed E-state index contributed by atoms with van der Waals surface area (Å²) < 4.78 is 5.58. The summed E-state index contributed by atoms with van der Waals surface area (Å²) in [6.07, 6.45) is 4.35. The van der Waals surface area contributed by atoms with E-state index in [0.717, 1.165) is 12.0 Å². The third-order valence-corrected chi connectivity index (χ3v) is 2.38. The fraction of sp³-hybridized carbons (Fsp3) is 0.143. The molecule has 0 saturated heterocycles. The van der Waals surface area contributed by atoms with Gasteiger partial charge in [0, 0.05) is 18.8 Å². The average molecular weight is 224 g/mol. The normalized spacial score (nSPS) is 9.59. The van der Waals surface area contributed by atoms with Crippen LogP contribution >= 0.6 is 0 Å². The molecule has 2 aromatic rings. The van der Waals surface area contributed by atoms with E-state index < -0.39 is 0 Å². The summed E-state index contributed by atoms with van der Waals surface area (Å²) in [6.45, 7) is 0.546. The van der Waals surface area contributed by atoms with Crippen LogP contribution in [0.4, 0.5) is 0 Å². The predicted molar refractivity (Wildman–Crippen MR) is 64.6 cm³/mol. The number of nitriles is 1. The maximum Gasteiger partial charge on any atom is 0.137 e. The highest BCUT2D eigenvalue weighted by atomic mass is 16.5. The average Bonchev–Trinajstić information content (AvgIpc) is 2.40. The van der Waals surface area contributed by atoms with Gasteiger partial charge in [-0.3, -0.25) is 4.98 Å². The highest BCUT2D eigenvalue weighted by molar-refractivity contribution is 5.42. The van der Waals surface area contributed by atoms with Gasteiger partial charge in [-0.05, 0) is 23.8 Å². The number of aromatic nitrogens is 1. The third-order valence-electron chi connectivity index (χ3n) is 2.38. The molecule has 0 aliphatic rings. The van der Waals surface area contributed by atoms with Crippen molar-refractivity contribution in [1.82, 2.24) is 4.98 Å². The standard InChI is InChI=1S/C14H12N2O/c15-10-13-5-1-2-6-14(13)17-9-7-12-4-3-8-16-11-12/h1-6,8,11H,7,9H2. The zero-order chi connectivity index (χ0) is 11.9. The van der Waals surface area contributed by atoms with E-state index >= 15 is 0 Å². The van der Waals surface area contributed by atoms with Crippen molar-refractivity contribution in [1.29, 1.82) is 5.26 Å². The number of pyridine rings is 1. The summed E-state index contributed by atoms with van der Waals surface area (Å²) in [5, 5.41) is 8.89. The molecule has 0 fully saturated rings. The summed E-state index contributed by atoms with van der Waals surface area (Å²) in [5.74, 6) is 0.638. The van der Waals surface area contributed by atoms with Gasteiger partial charge in [-0.2, -0.15) is 5.26 Å². The SMILES string of the molecule is N#Cc1ccccc1OCCc1cccnc1. The maximum atomic E-state index is 8.89. The number of hydrogen-bond acceptors (Lipinski definition) is 3. The highest BCUT2D eigenvalue weighted by Gasteiger charge is 2.01. The lowest BCUT2D eigenvalue weighted by molar-refractivity contribution is 0.321. The molecule has 17 heavy (non-hydrogen) atoms. The summed E-state index contributed by atoms with van der Waals surface area (Å²) >= 11 is 0. The van der Waals surface area contributed by atoms with Crippen molar-refractivity contribution in [3.05, 3.63) is 59.9 Å². The first-order valence-corrected chi connectivity index (χ1v) is 5.41. The Bertz CT molecular complexity index is 517. The zero-order valence-corrected chi connectivity index (χ0v) is 9.34. The van der Waals surface area contributed by atoms with Gasteiger partial charge in [0.1, 0.15) is 11.8 Å². The van der Waals surface area contributed by atoms with E-state index in [1.807, 2.05) is 36.5 Å². The van der Waals surface area contributed by atoms with Crippen LogP contribution in [0, 0.1) is 11.3 Å². The van der Waals surface area contributed by atoms with Crippen molar-refractivity contribution >= 4 is 0 Å². The van der Waals surface area contributed by atoms with E-state index in [-0.39, 0.29) is 0 Å². The zero-order valence-electron chi connectivity index (χ0n) is 9.34. The Hall–Kier alpha value is -2.34. The quantitative estimate of drug-likeness (QED) is 0.801. The number of ether oxygens (including phenoxy) is 1. The lowest BCUT2D eigenvalue weighted by Gasteiger charge is -2.07. The van der Waals surface area contributed by atoms with Crippen molar-refractivity contribution in [3.8, 4) is 11.8 Å². The van der Waals surface area contributed by atoms with Crippen LogP contribution in [0.25, 0.3) is 0 Å². The van der Waals surface area contributed by atoms with Gasteiger partial charge in [0.2, 0.25) is 0 Å². The molecule has 2 rings (SSSR count). The first-order valence-electron chi connectivity index (χ1n) is 5.41. The number of nitrogens with zero attached hydrogens (tertiary/aromatic N) is 2. The molecule has 0 radical (unpaired) electrons. The molecule has 1 heterocycles. The number of hydrogen-bond donors (Lipinski definition) is 0. The fourth-order valence-corrected chi connectivity index (χ4v) is 1.51. The van der Waals surface area contributed by atoms with Crippen LogP contribution in [-0.2, 0) is 6.42 Å². The number of rotatable bonds is 4. The molecule has 0 bridgehead atoms. The van der Waals surface area contributed by atoms with Gasteiger partial charge < -0.3 is 4.74 Å². The fourth-order valence-electron chi connectivity index (χ4n) is 1.51. The molecule has 0 aliphatic carbocycles. The Kier molecular flexibility index (Phi) is 3.72. The monoisotopic (exact) mass is 224 g/mol. The molecule has 1 aromatic heterocycles. The van der Waals surface area contributed by atoms with Crippen LogP contribution in [0.3, 0.4) is 0 Å². The summed E-state index contributed by atoms with van der Waals surface area (Å²) in [5.41, 5.74) is 1.70. The van der Waals surface area contributed by atoms with E-state index in [9.17, 15) is 0 Å². The van der Waals surface area contributed by atoms with Crippen LogP contribution in [0.5, 0.6) is 5.75 Å². The Balaban J connectivity index is 1.93. The Morgan fingerprint density at radius 2 is 2.06 bits per heavy atom. The molecular weight excluding hydrogens is 212 g/mol. The molecule has 0 atom stereocenters. The van der Waals surface area contributed by atoms with Crippen LogP contribution in [-0.4, -0.2) is 11.6 Å². The molecule has 1 aromatic carbocycles. The van der Waals surface area contributed by atoms with E-state index in [2.05, 4.69) is 11.1 Å². The van der Waals surface area contributed by atoms with Gasteiger partial charge in [-0.15, -0.1) is 0 Å². The molecule has 0 N–H and O–H groups in total. The van der Waals surface area contributed by atoms with Gasteiger partial charge in [-0.1, -0.05) is 18.2 Å². The van der Waals surface area contributed by atoms with Crippen LogP contribution in [0.15, 0.2) is 48.8 Å². The Labute approximate surface area is 100 Å². The summed E-state index contributed by atoms with van der Waals surface area (Å²) in [6, 6.07) is 13.3. The van der Waals surface area contributed by atoms with E-state index in [4.69, 9.17) is 10.00 Å². The molecule has 0 unspecified atom stereocenters. The summed E-state index contributed by atoms with van der Waals surface area (Å²) in [4.78, 5) is 4.04. The molecule has 0 spiro atoms. The van der Waals surface area contributed by atoms with Gasteiger partial charge in [0.15, 0.2) is 0 Å². The summed E-state index contributed by atoms with van der Waals surface area (Å²) in [7, 11) is 0. The second-order valence-corrected chi connectivity index (χ2v) is 3.57. The first-order chi connectivity index (χ1) is 8.40. The van der Waals surface area contributed by atoms with Gasteiger partial charge in [0.25, 0.3) is 0 Å². The van der Waals surface area contributed by atoms with Crippen molar-refractivity contribution in [2.24, 2.45) is 0 Å². The van der Waals surface area contributed by atoms with E-state index in [0.29, 0.717) is 17.9 Å². The second kappa shape index (κ2) is 5.66. The van der Waals surface area contributed by atoms with Gasteiger partial charge >= 0.3 is 0 Å².